The van der Waals surface area contributed by atoms with Crippen molar-refractivity contribution >= 4 is 5.91 Å². The van der Waals surface area contributed by atoms with Gasteiger partial charge in [0.05, 0.1) is 0 Å². The zero-order valence-corrected chi connectivity index (χ0v) is 11.2. The largest absolute Gasteiger partial charge is 0.433 e. The quantitative estimate of drug-likeness (QED) is 0.943. The Kier molecular flexibility index (Phi) is 3.97. The molecular formula is C15H13F3N2O. The monoisotopic (exact) mass is 294 g/mol. The normalized spacial score (nSPS) is 13.0. The molecule has 0 spiro atoms. The summed E-state index contributed by atoms with van der Waals surface area (Å²) in [6.07, 6.45) is -3.39. The molecule has 1 amide bonds. The first kappa shape index (κ1) is 15.0. The molecule has 0 aliphatic carbocycles. The number of alkyl halides is 3. The first-order valence-corrected chi connectivity index (χ1v) is 6.22. The SMILES string of the molecule is C[C@@H](c1ccnc(C(F)(F)F)c1)c1ccccc1C(N)=O. The molecule has 21 heavy (non-hydrogen) atoms. The van der Waals surface area contributed by atoms with Gasteiger partial charge in [-0.3, -0.25) is 9.78 Å². The van der Waals surface area contributed by atoms with Crippen LogP contribution in [0.25, 0.3) is 0 Å². The van der Waals surface area contributed by atoms with E-state index in [0.717, 1.165) is 12.3 Å². The molecule has 0 aliphatic rings. The summed E-state index contributed by atoms with van der Waals surface area (Å²) in [6.45, 7) is 1.72. The van der Waals surface area contributed by atoms with Gasteiger partial charge in [-0.2, -0.15) is 13.2 Å². The Morgan fingerprint density at radius 2 is 1.90 bits per heavy atom. The van der Waals surface area contributed by atoms with Gasteiger partial charge in [0.15, 0.2) is 0 Å². The van der Waals surface area contributed by atoms with Gasteiger partial charge in [-0.1, -0.05) is 25.1 Å². The molecule has 0 saturated heterocycles. The Labute approximate surface area is 119 Å². The molecule has 0 fully saturated rings. The van der Waals surface area contributed by atoms with Gasteiger partial charge in [0, 0.05) is 17.7 Å². The number of hydrogen-bond donors (Lipinski definition) is 1. The zero-order valence-electron chi connectivity index (χ0n) is 11.2. The van der Waals surface area contributed by atoms with Crippen LogP contribution in [0.5, 0.6) is 0 Å². The van der Waals surface area contributed by atoms with E-state index in [-0.39, 0.29) is 0 Å². The summed E-state index contributed by atoms with van der Waals surface area (Å²) in [4.78, 5) is 14.7. The smallest absolute Gasteiger partial charge is 0.366 e. The number of aromatic nitrogens is 1. The Bertz CT molecular complexity index is 668. The van der Waals surface area contributed by atoms with Gasteiger partial charge in [0.25, 0.3) is 0 Å². The van der Waals surface area contributed by atoms with E-state index >= 15 is 0 Å². The maximum absolute atomic E-state index is 12.7. The summed E-state index contributed by atoms with van der Waals surface area (Å²) in [5.74, 6) is -1.01. The van der Waals surface area contributed by atoms with E-state index in [1.54, 1.807) is 31.2 Å². The van der Waals surface area contributed by atoms with E-state index in [1.165, 1.54) is 6.07 Å². The highest BCUT2D eigenvalue weighted by Crippen LogP contribution is 2.32. The molecule has 6 heteroatoms. The van der Waals surface area contributed by atoms with Gasteiger partial charge >= 0.3 is 6.18 Å². The van der Waals surface area contributed by atoms with Crippen LogP contribution in [0.2, 0.25) is 0 Å². The predicted octanol–water partition coefficient (Wildman–Crippen LogP) is 3.35. The summed E-state index contributed by atoms with van der Waals surface area (Å²) in [5, 5.41) is 0. The number of halogens is 3. The van der Waals surface area contributed by atoms with Crippen LogP contribution in [0.1, 0.15) is 40.0 Å². The molecule has 110 valence electrons. The van der Waals surface area contributed by atoms with Crippen molar-refractivity contribution in [2.75, 3.05) is 0 Å². The minimum absolute atomic E-state index is 0.301. The number of primary amides is 1. The fraction of sp³-hybridized carbons (Fsp3) is 0.200. The number of rotatable bonds is 3. The summed E-state index contributed by atoms with van der Waals surface area (Å²) >= 11 is 0. The molecule has 0 unspecified atom stereocenters. The van der Waals surface area contributed by atoms with E-state index in [2.05, 4.69) is 4.98 Å². The van der Waals surface area contributed by atoms with Crippen molar-refractivity contribution in [2.24, 2.45) is 5.73 Å². The standard InChI is InChI=1S/C15H13F3N2O/c1-9(11-4-2-3-5-12(11)14(19)21)10-6-7-20-13(8-10)15(16,17)18/h2-9H,1H3,(H2,19,21)/t9-/m0/s1. The van der Waals surface area contributed by atoms with Crippen LogP contribution >= 0.6 is 0 Å². The maximum Gasteiger partial charge on any atom is 0.433 e. The lowest BCUT2D eigenvalue weighted by Crippen LogP contribution is -2.15. The number of carbonyl (C=O) groups excluding carboxylic acids is 1. The maximum atomic E-state index is 12.7. The Morgan fingerprint density at radius 3 is 2.52 bits per heavy atom. The summed E-state index contributed by atoms with van der Waals surface area (Å²) in [7, 11) is 0. The van der Waals surface area contributed by atoms with Gasteiger partial charge < -0.3 is 5.73 Å². The van der Waals surface area contributed by atoms with E-state index in [1.807, 2.05) is 0 Å². The number of nitrogens with zero attached hydrogens (tertiary/aromatic N) is 1. The van der Waals surface area contributed by atoms with Crippen LogP contribution in [0.3, 0.4) is 0 Å². The number of pyridine rings is 1. The van der Waals surface area contributed by atoms with Crippen LogP contribution in [0, 0.1) is 0 Å². The molecule has 0 saturated carbocycles. The first-order chi connectivity index (χ1) is 9.80. The number of hydrogen-bond acceptors (Lipinski definition) is 2. The fourth-order valence-corrected chi connectivity index (χ4v) is 2.15. The Balaban J connectivity index is 2.46. The number of carbonyl (C=O) groups is 1. The number of benzene rings is 1. The Morgan fingerprint density at radius 1 is 1.24 bits per heavy atom. The lowest BCUT2D eigenvalue weighted by atomic mass is 9.89. The van der Waals surface area contributed by atoms with Gasteiger partial charge in [-0.15, -0.1) is 0 Å². The second kappa shape index (κ2) is 5.55. The van der Waals surface area contributed by atoms with Crippen LogP contribution in [-0.2, 0) is 6.18 Å². The molecule has 3 nitrogen and oxygen atoms in total. The van der Waals surface area contributed by atoms with Crippen molar-refractivity contribution in [2.45, 2.75) is 19.0 Å². The van der Waals surface area contributed by atoms with E-state index < -0.39 is 23.7 Å². The van der Waals surface area contributed by atoms with Gasteiger partial charge in [-0.25, -0.2) is 0 Å². The minimum atomic E-state index is -4.50. The first-order valence-electron chi connectivity index (χ1n) is 6.22. The molecule has 1 heterocycles. The minimum Gasteiger partial charge on any atom is -0.366 e. The molecular weight excluding hydrogens is 281 g/mol. The molecule has 1 atom stereocenters. The van der Waals surface area contributed by atoms with Crippen molar-refractivity contribution in [3.63, 3.8) is 0 Å². The third-order valence-electron chi connectivity index (χ3n) is 3.27. The molecule has 1 aromatic carbocycles. The van der Waals surface area contributed by atoms with Crippen LogP contribution in [0.4, 0.5) is 13.2 Å². The molecule has 2 aromatic rings. The average molecular weight is 294 g/mol. The van der Waals surface area contributed by atoms with Crippen molar-refractivity contribution in [1.82, 2.24) is 4.98 Å². The predicted molar refractivity (Wildman–Crippen MR) is 71.7 cm³/mol. The van der Waals surface area contributed by atoms with E-state index in [0.29, 0.717) is 16.7 Å². The van der Waals surface area contributed by atoms with Crippen molar-refractivity contribution in [3.8, 4) is 0 Å². The average Bonchev–Trinajstić information content (AvgIpc) is 2.45. The van der Waals surface area contributed by atoms with Gasteiger partial charge in [0.1, 0.15) is 5.69 Å². The summed E-state index contributed by atoms with van der Waals surface area (Å²) < 4.78 is 38.1. The zero-order chi connectivity index (χ0) is 15.6. The molecule has 0 radical (unpaired) electrons. The number of amides is 1. The molecule has 0 aliphatic heterocycles. The lowest BCUT2D eigenvalue weighted by Gasteiger charge is -2.16. The fourth-order valence-electron chi connectivity index (χ4n) is 2.15. The third kappa shape index (κ3) is 3.21. The van der Waals surface area contributed by atoms with E-state index in [4.69, 9.17) is 5.73 Å². The van der Waals surface area contributed by atoms with Crippen LogP contribution in [-0.4, -0.2) is 10.9 Å². The second-order valence-corrected chi connectivity index (χ2v) is 4.65. The van der Waals surface area contributed by atoms with Gasteiger partial charge in [-0.05, 0) is 29.3 Å². The lowest BCUT2D eigenvalue weighted by molar-refractivity contribution is -0.141. The van der Waals surface area contributed by atoms with Crippen LogP contribution < -0.4 is 5.73 Å². The van der Waals surface area contributed by atoms with Crippen molar-refractivity contribution in [3.05, 3.63) is 65.0 Å². The van der Waals surface area contributed by atoms with E-state index in [9.17, 15) is 18.0 Å². The topological polar surface area (TPSA) is 56.0 Å². The highest BCUT2D eigenvalue weighted by atomic mass is 19.4. The highest BCUT2D eigenvalue weighted by Gasteiger charge is 2.33. The van der Waals surface area contributed by atoms with Crippen molar-refractivity contribution < 1.29 is 18.0 Å². The molecule has 2 rings (SSSR count). The van der Waals surface area contributed by atoms with Gasteiger partial charge in [0.2, 0.25) is 5.91 Å². The second-order valence-electron chi connectivity index (χ2n) is 4.65. The van der Waals surface area contributed by atoms with Crippen molar-refractivity contribution in [1.29, 1.82) is 0 Å². The summed E-state index contributed by atoms with van der Waals surface area (Å²) in [6, 6.07) is 9.09. The number of nitrogens with two attached hydrogens (primary N) is 1. The highest BCUT2D eigenvalue weighted by molar-refractivity contribution is 5.94. The molecule has 1 aromatic heterocycles. The molecule has 2 N–H and O–H groups in total. The molecule has 0 bridgehead atoms. The third-order valence-corrected chi connectivity index (χ3v) is 3.27. The van der Waals surface area contributed by atoms with Crippen LogP contribution in [0.15, 0.2) is 42.6 Å². The summed E-state index contributed by atoms with van der Waals surface area (Å²) in [5.41, 5.74) is 5.65. The Hall–Kier alpha value is -2.37.